The molecule has 0 aliphatic carbocycles. The third-order valence-electron chi connectivity index (χ3n) is 5.74. The van der Waals surface area contributed by atoms with E-state index in [9.17, 15) is 19.8 Å². The van der Waals surface area contributed by atoms with Crippen molar-refractivity contribution >= 4 is 17.4 Å². The fourth-order valence-electron chi connectivity index (χ4n) is 3.86. The van der Waals surface area contributed by atoms with Gasteiger partial charge in [0, 0.05) is 18.7 Å². The highest BCUT2D eigenvalue weighted by atomic mass is 16.5. The molecular weight excluding hydrogens is 420 g/mol. The van der Waals surface area contributed by atoms with E-state index in [0.717, 1.165) is 24.2 Å². The number of aromatic hydroxyl groups is 1. The maximum atomic E-state index is 13.1. The molecule has 1 saturated heterocycles. The molecule has 0 radical (unpaired) electrons. The van der Waals surface area contributed by atoms with E-state index < -0.39 is 17.7 Å². The fourth-order valence-corrected chi connectivity index (χ4v) is 3.86. The van der Waals surface area contributed by atoms with Gasteiger partial charge in [0.15, 0.2) is 0 Å². The largest absolute Gasteiger partial charge is 0.508 e. The molecule has 0 spiro atoms. The van der Waals surface area contributed by atoms with Crippen LogP contribution in [0.3, 0.4) is 0 Å². The van der Waals surface area contributed by atoms with Crippen molar-refractivity contribution in [1.82, 2.24) is 9.80 Å². The van der Waals surface area contributed by atoms with Crippen LogP contribution in [0.4, 0.5) is 0 Å². The summed E-state index contributed by atoms with van der Waals surface area (Å²) in [5, 5.41) is 20.9. The molecular formula is C26H32N2O5. The van der Waals surface area contributed by atoms with E-state index in [2.05, 4.69) is 6.92 Å². The number of nitrogens with zero attached hydrogens (tertiary/aromatic N) is 2. The van der Waals surface area contributed by atoms with Crippen LogP contribution in [-0.2, 0) is 9.59 Å². The van der Waals surface area contributed by atoms with Gasteiger partial charge in [-0.25, -0.2) is 0 Å². The molecule has 33 heavy (non-hydrogen) atoms. The summed E-state index contributed by atoms with van der Waals surface area (Å²) >= 11 is 0. The number of unbranched alkanes of at least 4 members (excludes halogenated alkanes) is 1. The first-order valence-corrected chi connectivity index (χ1v) is 11.2. The van der Waals surface area contributed by atoms with Gasteiger partial charge in [-0.2, -0.15) is 0 Å². The summed E-state index contributed by atoms with van der Waals surface area (Å²) in [5.41, 5.74) is 1.97. The Morgan fingerprint density at radius 3 is 2.42 bits per heavy atom. The number of likely N-dealkylation sites (N-methyl/N-ethyl adjacent to an activating group) is 1. The van der Waals surface area contributed by atoms with Crippen molar-refractivity contribution in [3.8, 4) is 11.5 Å². The lowest BCUT2D eigenvalue weighted by Gasteiger charge is -2.26. The SMILES string of the molecule is CCCCOc1ccc(C(O)=C2C(=O)C(=O)N(CCN(C)C)[C@H]2c2ccc(O)cc2)cc1C. The Bertz CT molecular complexity index is 1040. The molecule has 3 rings (SSSR count). The van der Waals surface area contributed by atoms with Crippen molar-refractivity contribution in [3.63, 3.8) is 0 Å². The average molecular weight is 453 g/mol. The summed E-state index contributed by atoms with van der Waals surface area (Å²) < 4.78 is 5.79. The van der Waals surface area contributed by atoms with E-state index >= 15 is 0 Å². The maximum Gasteiger partial charge on any atom is 0.295 e. The van der Waals surface area contributed by atoms with Crippen LogP contribution in [0.15, 0.2) is 48.0 Å². The van der Waals surface area contributed by atoms with Crippen molar-refractivity contribution in [2.24, 2.45) is 0 Å². The second-order valence-electron chi connectivity index (χ2n) is 8.57. The number of Topliss-reactive ketones (excluding diaryl/α,β-unsaturated/α-hetero) is 1. The Morgan fingerprint density at radius 1 is 1.12 bits per heavy atom. The number of phenols is 1. The van der Waals surface area contributed by atoms with Gasteiger partial charge in [-0.05, 0) is 68.9 Å². The Hall–Kier alpha value is -3.32. The van der Waals surface area contributed by atoms with Crippen molar-refractivity contribution in [3.05, 3.63) is 64.7 Å². The van der Waals surface area contributed by atoms with Gasteiger partial charge in [-0.1, -0.05) is 25.5 Å². The van der Waals surface area contributed by atoms with Crippen LogP contribution in [0.5, 0.6) is 11.5 Å². The highest BCUT2D eigenvalue weighted by Gasteiger charge is 2.45. The van der Waals surface area contributed by atoms with Gasteiger partial charge >= 0.3 is 0 Å². The summed E-state index contributed by atoms with van der Waals surface area (Å²) in [7, 11) is 3.78. The minimum absolute atomic E-state index is 0.0449. The highest BCUT2D eigenvalue weighted by Crippen LogP contribution is 2.40. The summed E-state index contributed by atoms with van der Waals surface area (Å²) in [5.74, 6) is -0.778. The predicted molar refractivity (Wildman–Crippen MR) is 127 cm³/mol. The number of carbonyl (C=O) groups excluding carboxylic acids is 2. The molecule has 7 heteroatoms. The Morgan fingerprint density at radius 2 is 1.82 bits per heavy atom. The van der Waals surface area contributed by atoms with E-state index in [0.29, 0.717) is 30.8 Å². The van der Waals surface area contributed by atoms with Crippen LogP contribution in [0.25, 0.3) is 5.76 Å². The van der Waals surface area contributed by atoms with E-state index in [4.69, 9.17) is 4.74 Å². The van der Waals surface area contributed by atoms with Crippen LogP contribution in [-0.4, -0.2) is 65.5 Å². The van der Waals surface area contributed by atoms with Gasteiger partial charge in [0.05, 0.1) is 18.2 Å². The second kappa shape index (κ2) is 10.5. The first-order valence-electron chi connectivity index (χ1n) is 11.2. The van der Waals surface area contributed by atoms with Crippen LogP contribution in [0.2, 0.25) is 0 Å². The van der Waals surface area contributed by atoms with Gasteiger partial charge in [-0.3, -0.25) is 9.59 Å². The second-order valence-corrected chi connectivity index (χ2v) is 8.57. The Labute approximate surface area is 194 Å². The lowest BCUT2D eigenvalue weighted by molar-refractivity contribution is -0.140. The van der Waals surface area contributed by atoms with Gasteiger partial charge in [0.1, 0.15) is 17.3 Å². The standard InChI is InChI=1S/C26H32N2O5/c1-5-6-15-33-21-12-9-19(16-17(21)2)24(30)22-23(18-7-10-20(29)11-8-18)28(14-13-27(3)4)26(32)25(22)31/h7-12,16,23,29-30H,5-6,13-15H2,1-4H3/t23-/m0/s1. The third kappa shape index (κ3) is 5.37. The number of aryl methyl sites for hydroxylation is 1. The van der Waals surface area contributed by atoms with Gasteiger partial charge < -0.3 is 24.7 Å². The minimum Gasteiger partial charge on any atom is -0.508 e. The van der Waals surface area contributed by atoms with Crippen LogP contribution >= 0.6 is 0 Å². The van der Waals surface area contributed by atoms with Crippen LogP contribution in [0.1, 0.15) is 42.5 Å². The molecule has 1 amide bonds. The molecule has 0 saturated carbocycles. The number of ketones is 1. The van der Waals surface area contributed by atoms with Crippen molar-refractivity contribution in [2.45, 2.75) is 32.7 Å². The zero-order valence-corrected chi connectivity index (χ0v) is 19.7. The van der Waals surface area contributed by atoms with Crippen LogP contribution in [0, 0.1) is 6.92 Å². The van der Waals surface area contributed by atoms with Gasteiger partial charge in [-0.15, -0.1) is 0 Å². The first kappa shape index (κ1) is 24.3. The summed E-state index contributed by atoms with van der Waals surface area (Å²) in [4.78, 5) is 29.4. The lowest BCUT2D eigenvalue weighted by Crippen LogP contribution is -2.35. The molecule has 1 aliphatic rings. The predicted octanol–water partition coefficient (Wildman–Crippen LogP) is 3.86. The molecule has 1 aliphatic heterocycles. The number of hydrogen-bond donors (Lipinski definition) is 2. The van der Waals surface area contributed by atoms with Gasteiger partial charge in [0.25, 0.3) is 11.7 Å². The van der Waals surface area contributed by atoms with Crippen molar-refractivity contribution in [1.29, 1.82) is 0 Å². The zero-order chi connectivity index (χ0) is 24.1. The molecule has 0 unspecified atom stereocenters. The average Bonchev–Trinajstić information content (AvgIpc) is 3.03. The Balaban J connectivity index is 2.04. The minimum atomic E-state index is -0.744. The Kier molecular flexibility index (Phi) is 7.76. The lowest BCUT2D eigenvalue weighted by atomic mass is 9.94. The third-order valence-corrected chi connectivity index (χ3v) is 5.74. The molecule has 1 heterocycles. The zero-order valence-electron chi connectivity index (χ0n) is 19.7. The topological polar surface area (TPSA) is 90.3 Å². The summed E-state index contributed by atoms with van der Waals surface area (Å²) in [6.07, 6.45) is 1.98. The highest BCUT2D eigenvalue weighted by molar-refractivity contribution is 6.46. The molecule has 2 aromatic rings. The normalized spacial score (nSPS) is 17.7. The maximum absolute atomic E-state index is 13.1. The smallest absolute Gasteiger partial charge is 0.295 e. The monoisotopic (exact) mass is 452 g/mol. The number of likely N-dealkylation sites (tertiary alicyclic amines) is 1. The van der Waals surface area contributed by atoms with Crippen molar-refractivity contribution in [2.75, 3.05) is 33.8 Å². The molecule has 1 fully saturated rings. The molecule has 2 aromatic carbocycles. The van der Waals surface area contributed by atoms with Crippen molar-refractivity contribution < 1.29 is 24.5 Å². The molecule has 7 nitrogen and oxygen atoms in total. The molecule has 2 N–H and O–H groups in total. The number of ether oxygens (including phenoxy) is 1. The first-order chi connectivity index (χ1) is 15.7. The number of benzene rings is 2. The number of amides is 1. The number of aliphatic hydroxyl groups is 1. The van der Waals surface area contributed by atoms with E-state index in [-0.39, 0.29) is 17.1 Å². The molecule has 0 bridgehead atoms. The summed E-state index contributed by atoms with van der Waals surface area (Å²) in [6, 6.07) is 10.8. The number of aliphatic hydroxyl groups excluding tert-OH is 1. The number of rotatable bonds is 9. The van der Waals surface area contributed by atoms with E-state index in [1.165, 1.54) is 17.0 Å². The van der Waals surface area contributed by atoms with Gasteiger partial charge in [0.2, 0.25) is 0 Å². The molecule has 0 aromatic heterocycles. The fraction of sp³-hybridized carbons (Fsp3) is 0.385. The number of hydrogen-bond acceptors (Lipinski definition) is 6. The molecule has 176 valence electrons. The molecule has 1 atom stereocenters. The van der Waals surface area contributed by atoms with E-state index in [1.54, 1.807) is 30.3 Å². The van der Waals surface area contributed by atoms with E-state index in [1.807, 2.05) is 25.9 Å². The summed E-state index contributed by atoms with van der Waals surface area (Å²) in [6.45, 7) is 5.47. The van der Waals surface area contributed by atoms with Crippen LogP contribution < -0.4 is 4.74 Å². The quantitative estimate of drug-likeness (QED) is 0.260. The number of phenolic OH excluding ortho intramolecular Hbond substituents is 1. The number of carbonyl (C=O) groups is 2.